The smallest absolute Gasteiger partial charge is 0.0476 e. The summed E-state index contributed by atoms with van der Waals surface area (Å²) in [5, 5.41) is 3.50. The van der Waals surface area contributed by atoms with Crippen LogP contribution in [0, 0.1) is 13.8 Å². The summed E-state index contributed by atoms with van der Waals surface area (Å²) in [6, 6.07) is 7.14. The van der Waals surface area contributed by atoms with Gasteiger partial charge < -0.3 is 10.1 Å². The van der Waals surface area contributed by atoms with Crippen molar-refractivity contribution in [3.8, 4) is 0 Å². The zero-order valence-electron chi connectivity index (χ0n) is 10.8. The third kappa shape index (κ3) is 4.33. The molecule has 0 spiro atoms. The number of aryl methyl sites for hydroxylation is 2. The highest BCUT2D eigenvalue weighted by Crippen LogP contribution is 2.09. The van der Waals surface area contributed by atoms with Crippen molar-refractivity contribution in [1.29, 1.82) is 0 Å². The molecular weight excluding hydrogens is 198 g/mol. The van der Waals surface area contributed by atoms with Gasteiger partial charge in [-0.25, -0.2) is 0 Å². The predicted octanol–water partition coefficient (Wildman–Crippen LogP) is 2.82. The highest BCUT2D eigenvalue weighted by Gasteiger charge is 2.01. The van der Waals surface area contributed by atoms with Gasteiger partial charge in [-0.15, -0.1) is 0 Å². The Kier molecular flexibility index (Phi) is 5.50. The van der Waals surface area contributed by atoms with E-state index in [0.29, 0.717) is 6.04 Å². The minimum absolute atomic E-state index is 0.501. The lowest BCUT2D eigenvalue weighted by molar-refractivity contribution is 0.184. The first-order valence-corrected chi connectivity index (χ1v) is 5.92. The van der Waals surface area contributed by atoms with Crippen LogP contribution in [0.2, 0.25) is 0 Å². The number of methoxy groups -OCH3 is 1. The fourth-order valence-corrected chi connectivity index (χ4v) is 1.60. The van der Waals surface area contributed by atoms with Crippen molar-refractivity contribution in [3.05, 3.63) is 34.9 Å². The van der Waals surface area contributed by atoms with E-state index in [9.17, 15) is 0 Å². The Hall–Kier alpha value is -0.860. The van der Waals surface area contributed by atoms with Crippen molar-refractivity contribution >= 4 is 0 Å². The second kappa shape index (κ2) is 6.66. The van der Waals surface area contributed by atoms with Crippen LogP contribution in [0.3, 0.4) is 0 Å². The van der Waals surface area contributed by atoms with E-state index >= 15 is 0 Å². The molecule has 1 aromatic carbocycles. The van der Waals surface area contributed by atoms with Crippen molar-refractivity contribution in [3.63, 3.8) is 0 Å². The van der Waals surface area contributed by atoms with Crippen LogP contribution >= 0.6 is 0 Å². The van der Waals surface area contributed by atoms with Gasteiger partial charge in [-0.3, -0.25) is 0 Å². The van der Waals surface area contributed by atoms with Gasteiger partial charge in [-0.2, -0.15) is 0 Å². The van der Waals surface area contributed by atoms with E-state index in [1.807, 2.05) is 0 Å². The molecule has 0 aromatic heterocycles. The molecule has 0 saturated carbocycles. The number of hydrogen-bond donors (Lipinski definition) is 1. The van der Waals surface area contributed by atoms with Crippen molar-refractivity contribution in [2.24, 2.45) is 0 Å². The first kappa shape index (κ1) is 13.2. The van der Waals surface area contributed by atoms with E-state index in [1.54, 1.807) is 7.11 Å². The Bertz CT molecular complexity index is 323. The maximum atomic E-state index is 5.06. The van der Waals surface area contributed by atoms with E-state index in [1.165, 1.54) is 16.7 Å². The molecular formula is C14H23NO. The first-order valence-electron chi connectivity index (χ1n) is 5.92. The lowest BCUT2D eigenvalue weighted by Crippen LogP contribution is -2.26. The lowest BCUT2D eigenvalue weighted by Gasteiger charge is -2.13. The van der Waals surface area contributed by atoms with Gasteiger partial charge in [0.05, 0.1) is 0 Å². The topological polar surface area (TPSA) is 21.3 Å². The summed E-state index contributed by atoms with van der Waals surface area (Å²) in [6.07, 6.45) is 1.06. The summed E-state index contributed by atoms with van der Waals surface area (Å²) in [7, 11) is 1.75. The Morgan fingerprint density at radius 1 is 1.25 bits per heavy atom. The normalized spacial score (nSPS) is 12.8. The lowest BCUT2D eigenvalue weighted by atomic mass is 10.1. The predicted molar refractivity (Wildman–Crippen MR) is 68.7 cm³/mol. The number of ether oxygens (including phenoxy) is 1. The number of rotatable bonds is 6. The molecule has 0 saturated heterocycles. The number of hydrogen-bond acceptors (Lipinski definition) is 2. The van der Waals surface area contributed by atoms with Crippen molar-refractivity contribution < 1.29 is 4.74 Å². The van der Waals surface area contributed by atoms with E-state index in [-0.39, 0.29) is 0 Å². The highest BCUT2D eigenvalue weighted by atomic mass is 16.5. The third-order valence-electron chi connectivity index (χ3n) is 2.98. The van der Waals surface area contributed by atoms with Crippen LogP contribution in [0.15, 0.2) is 18.2 Å². The summed E-state index contributed by atoms with van der Waals surface area (Å²) in [4.78, 5) is 0. The Labute approximate surface area is 99.0 Å². The molecule has 0 heterocycles. The molecule has 0 aliphatic rings. The summed E-state index contributed by atoms with van der Waals surface area (Å²) in [5.41, 5.74) is 4.08. The monoisotopic (exact) mass is 221 g/mol. The van der Waals surface area contributed by atoms with Gasteiger partial charge in [0.1, 0.15) is 0 Å². The molecule has 2 heteroatoms. The van der Waals surface area contributed by atoms with Gasteiger partial charge in [0, 0.05) is 26.3 Å². The number of benzene rings is 1. The van der Waals surface area contributed by atoms with Crippen molar-refractivity contribution in [1.82, 2.24) is 5.32 Å². The second-order valence-corrected chi connectivity index (χ2v) is 4.48. The molecule has 0 aliphatic heterocycles. The zero-order chi connectivity index (χ0) is 12.0. The van der Waals surface area contributed by atoms with Crippen LogP contribution in [0.25, 0.3) is 0 Å². The Balaban J connectivity index is 2.39. The molecule has 16 heavy (non-hydrogen) atoms. The maximum Gasteiger partial charge on any atom is 0.0476 e. The van der Waals surface area contributed by atoms with Crippen LogP contribution in [0.5, 0.6) is 0 Å². The molecule has 1 aromatic rings. The van der Waals surface area contributed by atoms with Crippen LogP contribution in [-0.4, -0.2) is 19.8 Å². The van der Waals surface area contributed by atoms with Crippen molar-refractivity contribution in [2.45, 2.75) is 39.8 Å². The second-order valence-electron chi connectivity index (χ2n) is 4.48. The summed E-state index contributed by atoms with van der Waals surface area (Å²) >= 11 is 0. The zero-order valence-corrected chi connectivity index (χ0v) is 10.8. The van der Waals surface area contributed by atoms with Gasteiger partial charge in [0.25, 0.3) is 0 Å². The fourth-order valence-electron chi connectivity index (χ4n) is 1.60. The van der Waals surface area contributed by atoms with Crippen molar-refractivity contribution in [2.75, 3.05) is 13.7 Å². The molecule has 90 valence electrons. The average Bonchev–Trinajstić information content (AvgIpc) is 2.28. The molecule has 0 fully saturated rings. The maximum absolute atomic E-state index is 5.06. The Morgan fingerprint density at radius 3 is 2.62 bits per heavy atom. The highest BCUT2D eigenvalue weighted by molar-refractivity contribution is 5.29. The molecule has 0 bridgehead atoms. The minimum atomic E-state index is 0.501. The fraction of sp³-hybridized carbons (Fsp3) is 0.571. The average molecular weight is 221 g/mol. The SMILES string of the molecule is COCCC(C)NCc1ccc(C)c(C)c1. The summed E-state index contributed by atoms with van der Waals surface area (Å²) in [5.74, 6) is 0. The van der Waals surface area contributed by atoms with E-state index in [0.717, 1.165) is 19.6 Å². The Morgan fingerprint density at radius 2 is 2.00 bits per heavy atom. The van der Waals surface area contributed by atoms with Gasteiger partial charge in [0.15, 0.2) is 0 Å². The number of nitrogens with one attached hydrogen (secondary N) is 1. The molecule has 1 rings (SSSR count). The molecule has 0 radical (unpaired) electrons. The van der Waals surface area contributed by atoms with Gasteiger partial charge in [0.2, 0.25) is 0 Å². The quantitative estimate of drug-likeness (QED) is 0.797. The van der Waals surface area contributed by atoms with E-state index < -0.39 is 0 Å². The molecule has 1 unspecified atom stereocenters. The first-order chi connectivity index (χ1) is 7.63. The summed E-state index contributed by atoms with van der Waals surface area (Å²) < 4.78 is 5.06. The van der Waals surface area contributed by atoms with Crippen LogP contribution in [-0.2, 0) is 11.3 Å². The van der Waals surface area contributed by atoms with Crippen LogP contribution in [0.1, 0.15) is 30.0 Å². The molecule has 1 atom stereocenters. The molecule has 0 aliphatic carbocycles. The van der Waals surface area contributed by atoms with Crippen LogP contribution < -0.4 is 5.32 Å². The van der Waals surface area contributed by atoms with Gasteiger partial charge in [-0.05, 0) is 43.9 Å². The van der Waals surface area contributed by atoms with Crippen LogP contribution in [0.4, 0.5) is 0 Å². The van der Waals surface area contributed by atoms with Gasteiger partial charge >= 0.3 is 0 Å². The largest absolute Gasteiger partial charge is 0.385 e. The van der Waals surface area contributed by atoms with E-state index in [2.05, 4.69) is 44.3 Å². The molecule has 2 nitrogen and oxygen atoms in total. The standard InChI is InChI=1S/C14H23NO/c1-11-5-6-14(9-12(11)2)10-15-13(3)7-8-16-4/h5-6,9,13,15H,7-8,10H2,1-4H3. The summed E-state index contributed by atoms with van der Waals surface area (Å²) in [6.45, 7) is 8.26. The minimum Gasteiger partial charge on any atom is -0.385 e. The van der Waals surface area contributed by atoms with Gasteiger partial charge in [-0.1, -0.05) is 18.2 Å². The van der Waals surface area contributed by atoms with E-state index in [4.69, 9.17) is 4.74 Å². The molecule has 0 amide bonds. The molecule has 1 N–H and O–H groups in total. The third-order valence-corrected chi connectivity index (χ3v) is 2.98.